The summed E-state index contributed by atoms with van der Waals surface area (Å²) in [6, 6.07) is 11.8. The smallest absolute Gasteiger partial charge is 0.235 e. The number of sulfone groups is 1. The zero-order valence-electron chi connectivity index (χ0n) is 13.0. The summed E-state index contributed by atoms with van der Waals surface area (Å²) in [5.41, 5.74) is 1.15. The van der Waals surface area contributed by atoms with Crippen LogP contribution in [-0.2, 0) is 20.4 Å². The van der Waals surface area contributed by atoms with E-state index < -0.39 is 27.5 Å². The van der Waals surface area contributed by atoms with Gasteiger partial charge in [-0.2, -0.15) is 0 Å². The maximum absolute atomic E-state index is 12.9. The van der Waals surface area contributed by atoms with Gasteiger partial charge in [-0.15, -0.1) is 0 Å². The fourth-order valence-electron chi connectivity index (χ4n) is 2.22. The number of benzene rings is 2. The lowest BCUT2D eigenvalue weighted by molar-refractivity contribution is -0.119. The SMILES string of the molecule is CC(NC(=O)CS(=O)(=O)Cc1ccccc1Cl)c1ccc(F)cc1. The molecule has 1 unspecified atom stereocenters. The van der Waals surface area contributed by atoms with Gasteiger partial charge in [-0.3, -0.25) is 4.79 Å². The Balaban J connectivity index is 1.98. The first kappa shape index (κ1) is 18.4. The fourth-order valence-corrected chi connectivity index (χ4v) is 3.81. The molecule has 1 N–H and O–H groups in total. The third-order valence-corrected chi connectivity index (χ3v) is 5.25. The molecule has 128 valence electrons. The summed E-state index contributed by atoms with van der Waals surface area (Å²) in [5, 5.41) is 2.95. The number of carbonyl (C=O) groups excluding carboxylic acids is 1. The van der Waals surface area contributed by atoms with Crippen molar-refractivity contribution in [2.45, 2.75) is 18.7 Å². The monoisotopic (exact) mass is 369 g/mol. The van der Waals surface area contributed by atoms with Crippen LogP contribution in [0.2, 0.25) is 5.02 Å². The molecule has 0 fully saturated rings. The van der Waals surface area contributed by atoms with Crippen molar-refractivity contribution >= 4 is 27.3 Å². The van der Waals surface area contributed by atoms with Gasteiger partial charge < -0.3 is 5.32 Å². The summed E-state index contributed by atoms with van der Waals surface area (Å²) >= 11 is 5.95. The van der Waals surface area contributed by atoms with Crippen molar-refractivity contribution in [3.8, 4) is 0 Å². The normalized spacial score (nSPS) is 12.6. The minimum absolute atomic E-state index is 0.301. The lowest BCUT2D eigenvalue weighted by atomic mass is 10.1. The van der Waals surface area contributed by atoms with Gasteiger partial charge in [0.2, 0.25) is 5.91 Å². The average molecular weight is 370 g/mol. The highest BCUT2D eigenvalue weighted by atomic mass is 35.5. The molecule has 1 amide bonds. The predicted molar refractivity (Wildman–Crippen MR) is 91.9 cm³/mol. The van der Waals surface area contributed by atoms with Crippen LogP contribution in [0.25, 0.3) is 0 Å². The van der Waals surface area contributed by atoms with E-state index in [0.29, 0.717) is 16.1 Å². The Labute approximate surface area is 145 Å². The molecule has 7 heteroatoms. The summed E-state index contributed by atoms with van der Waals surface area (Å²) < 4.78 is 37.2. The molecule has 0 aliphatic rings. The maximum atomic E-state index is 12.9. The number of halogens is 2. The number of amides is 1. The van der Waals surface area contributed by atoms with Crippen molar-refractivity contribution in [2.75, 3.05) is 5.75 Å². The van der Waals surface area contributed by atoms with E-state index >= 15 is 0 Å². The predicted octanol–water partition coefficient (Wildman–Crippen LogP) is 3.27. The highest BCUT2D eigenvalue weighted by Gasteiger charge is 2.20. The van der Waals surface area contributed by atoms with Gasteiger partial charge in [-0.25, -0.2) is 12.8 Å². The van der Waals surface area contributed by atoms with Crippen LogP contribution in [0, 0.1) is 5.82 Å². The fraction of sp³-hybridized carbons (Fsp3) is 0.235. The van der Waals surface area contributed by atoms with Gasteiger partial charge in [0.1, 0.15) is 11.6 Å². The van der Waals surface area contributed by atoms with Crippen molar-refractivity contribution in [1.29, 1.82) is 0 Å². The summed E-state index contributed by atoms with van der Waals surface area (Å²) in [5.74, 6) is -1.92. The van der Waals surface area contributed by atoms with Gasteiger partial charge in [0.15, 0.2) is 9.84 Å². The Morgan fingerprint density at radius 1 is 1.17 bits per heavy atom. The Hall–Kier alpha value is -1.92. The summed E-state index contributed by atoms with van der Waals surface area (Å²) in [4.78, 5) is 12.0. The molecule has 24 heavy (non-hydrogen) atoms. The zero-order chi connectivity index (χ0) is 17.7. The minimum atomic E-state index is -3.65. The van der Waals surface area contributed by atoms with Crippen molar-refractivity contribution in [3.05, 3.63) is 70.5 Å². The van der Waals surface area contributed by atoms with Crippen LogP contribution in [0.15, 0.2) is 48.5 Å². The van der Waals surface area contributed by atoms with Gasteiger partial charge in [0, 0.05) is 5.02 Å². The van der Waals surface area contributed by atoms with E-state index in [4.69, 9.17) is 11.6 Å². The second-order valence-corrected chi connectivity index (χ2v) is 7.94. The number of carbonyl (C=O) groups is 1. The van der Waals surface area contributed by atoms with E-state index in [1.165, 1.54) is 12.1 Å². The number of nitrogens with one attached hydrogen (secondary N) is 1. The summed E-state index contributed by atoms with van der Waals surface area (Å²) in [6.07, 6.45) is 0. The second-order valence-electron chi connectivity index (χ2n) is 5.46. The standard InChI is InChI=1S/C17H17ClFNO3S/c1-12(13-6-8-15(19)9-7-13)20-17(21)11-24(22,23)10-14-4-2-3-5-16(14)18/h2-9,12H,10-11H2,1H3,(H,20,21). The van der Waals surface area contributed by atoms with E-state index in [0.717, 1.165) is 0 Å². The second kappa shape index (κ2) is 7.77. The molecule has 0 aliphatic heterocycles. The van der Waals surface area contributed by atoms with Crippen LogP contribution in [0.5, 0.6) is 0 Å². The van der Waals surface area contributed by atoms with E-state index in [1.54, 1.807) is 43.3 Å². The van der Waals surface area contributed by atoms with Gasteiger partial charge in [-0.1, -0.05) is 41.9 Å². The van der Waals surface area contributed by atoms with Crippen LogP contribution < -0.4 is 5.32 Å². The number of hydrogen-bond acceptors (Lipinski definition) is 3. The van der Waals surface area contributed by atoms with Gasteiger partial charge in [0.25, 0.3) is 0 Å². The molecule has 2 aromatic carbocycles. The largest absolute Gasteiger partial charge is 0.349 e. The van der Waals surface area contributed by atoms with Crippen molar-refractivity contribution in [1.82, 2.24) is 5.32 Å². The molecule has 0 saturated carbocycles. The first-order valence-corrected chi connectivity index (χ1v) is 9.45. The van der Waals surface area contributed by atoms with Crippen molar-refractivity contribution < 1.29 is 17.6 Å². The van der Waals surface area contributed by atoms with E-state index in [2.05, 4.69) is 5.32 Å². The third-order valence-electron chi connectivity index (χ3n) is 3.43. The molecule has 4 nitrogen and oxygen atoms in total. The van der Waals surface area contributed by atoms with E-state index in [9.17, 15) is 17.6 Å². The highest BCUT2D eigenvalue weighted by Crippen LogP contribution is 2.18. The van der Waals surface area contributed by atoms with Crippen LogP contribution in [0.1, 0.15) is 24.1 Å². The van der Waals surface area contributed by atoms with Crippen LogP contribution in [0.4, 0.5) is 4.39 Å². The molecule has 0 saturated heterocycles. The molecule has 2 rings (SSSR count). The topological polar surface area (TPSA) is 63.2 Å². The first-order valence-electron chi connectivity index (χ1n) is 7.25. The molecule has 1 atom stereocenters. The molecule has 0 bridgehead atoms. The average Bonchev–Trinajstić information content (AvgIpc) is 2.49. The van der Waals surface area contributed by atoms with Gasteiger partial charge >= 0.3 is 0 Å². The first-order chi connectivity index (χ1) is 11.3. The Morgan fingerprint density at radius 3 is 2.42 bits per heavy atom. The lowest BCUT2D eigenvalue weighted by Gasteiger charge is -2.14. The lowest BCUT2D eigenvalue weighted by Crippen LogP contribution is -2.32. The highest BCUT2D eigenvalue weighted by molar-refractivity contribution is 7.91. The van der Waals surface area contributed by atoms with Crippen molar-refractivity contribution in [2.24, 2.45) is 0 Å². The summed E-state index contributed by atoms with van der Waals surface area (Å²) in [7, 11) is -3.65. The van der Waals surface area contributed by atoms with Crippen LogP contribution >= 0.6 is 11.6 Å². The zero-order valence-corrected chi connectivity index (χ0v) is 14.6. The molecule has 0 spiro atoms. The van der Waals surface area contributed by atoms with E-state index in [1.807, 2.05) is 0 Å². The Morgan fingerprint density at radius 2 is 1.79 bits per heavy atom. The van der Waals surface area contributed by atoms with Crippen LogP contribution in [0.3, 0.4) is 0 Å². The quantitative estimate of drug-likeness (QED) is 0.850. The molecular weight excluding hydrogens is 353 g/mol. The summed E-state index contributed by atoms with van der Waals surface area (Å²) in [6.45, 7) is 1.70. The molecule has 2 aromatic rings. The van der Waals surface area contributed by atoms with Crippen molar-refractivity contribution in [3.63, 3.8) is 0 Å². The van der Waals surface area contributed by atoms with Gasteiger partial charge in [-0.05, 0) is 36.2 Å². The molecule has 0 aromatic heterocycles. The third kappa shape index (κ3) is 5.32. The number of hydrogen-bond donors (Lipinski definition) is 1. The Bertz CT molecular complexity index is 822. The van der Waals surface area contributed by atoms with E-state index in [-0.39, 0.29) is 11.6 Å². The minimum Gasteiger partial charge on any atom is -0.349 e. The molecule has 0 aliphatic carbocycles. The van der Waals surface area contributed by atoms with Crippen LogP contribution in [-0.4, -0.2) is 20.1 Å². The van der Waals surface area contributed by atoms with Gasteiger partial charge in [0.05, 0.1) is 11.8 Å². The molecule has 0 radical (unpaired) electrons. The maximum Gasteiger partial charge on any atom is 0.235 e. The Kier molecular flexibility index (Phi) is 5.96. The number of rotatable bonds is 6. The molecule has 0 heterocycles. The molecular formula is C17H17ClFNO3S.